The average Bonchev–Trinajstić information content (AvgIpc) is 2.02. The first-order valence-corrected chi connectivity index (χ1v) is 5.53. The minimum absolute atomic E-state index is 0.501. The van der Waals surface area contributed by atoms with Gasteiger partial charge in [0.15, 0.2) is 0 Å². The molecular weight excluding hydrogens is 168 g/mol. The van der Waals surface area contributed by atoms with E-state index in [0.717, 1.165) is 23.7 Å². The molecule has 2 heteroatoms. The standard InChI is InChI=1S/C10H16OS/c12-11-10-8-2-6-1-7(4-8)5-9(10)3-6/h6-10,12H,1-5H2. The first-order valence-electron chi connectivity index (χ1n) is 5.17. The van der Waals surface area contributed by atoms with E-state index < -0.39 is 0 Å². The van der Waals surface area contributed by atoms with E-state index in [2.05, 4.69) is 12.9 Å². The first-order chi connectivity index (χ1) is 5.86. The van der Waals surface area contributed by atoms with E-state index in [-0.39, 0.29) is 0 Å². The summed E-state index contributed by atoms with van der Waals surface area (Å²) in [5, 5.41) is 0. The van der Waals surface area contributed by atoms with Gasteiger partial charge >= 0.3 is 0 Å². The fourth-order valence-corrected chi connectivity index (χ4v) is 4.39. The molecule has 4 rings (SSSR count). The summed E-state index contributed by atoms with van der Waals surface area (Å²) in [4.78, 5) is 0. The maximum absolute atomic E-state index is 5.32. The highest BCUT2D eigenvalue weighted by Crippen LogP contribution is 2.54. The van der Waals surface area contributed by atoms with Crippen molar-refractivity contribution in [2.45, 2.75) is 38.2 Å². The normalized spacial score (nSPS) is 56.2. The molecule has 0 aromatic rings. The molecule has 0 heterocycles. The van der Waals surface area contributed by atoms with Crippen molar-refractivity contribution in [2.75, 3.05) is 0 Å². The number of hydrogen-bond donors (Lipinski definition) is 1. The molecule has 0 aromatic heterocycles. The lowest BCUT2D eigenvalue weighted by Crippen LogP contribution is -2.48. The Balaban J connectivity index is 1.86. The van der Waals surface area contributed by atoms with E-state index in [1.54, 1.807) is 0 Å². The third-order valence-electron chi connectivity index (χ3n) is 4.26. The van der Waals surface area contributed by atoms with E-state index in [1.165, 1.54) is 32.1 Å². The molecule has 0 radical (unpaired) electrons. The largest absolute Gasteiger partial charge is 0.315 e. The van der Waals surface area contributed by atoms with Crippen molar-refractivity contribution in [1.29, 1.82) is 0 Å². The fraction of sp³-hybridized carbons (Fsp3) is 1.00. The summed E-state index contributed by atoms with van der Waals surface area (Å²) in [6, 6.07) is 0. The second kappa shape index (κ2) is 2.65. The molecule has 0 aromatic carbocycles. The number of thiol groups is 1. The van der Waals surface area contributed by atoms with Gasteiger partial charge in [-0.25, -0.2) is 0 Å². The van der Waals surface area contributed by atoms with E-state index in [0.29, 0.717) is 6.10 Å². The van der Waals surface area contributed by atoms with Gasteiger partial charge in [0.2, 0.25) is 0 Å². The third-order valence-corrected chi connectivity index (χ3v) is 4.51. The van der Waals surface area contributed by atoms with Crippen LogP contribution >= 0.6 is 12.9 Å². The lowest BCUT2D eigenvalue weighted by molar-refractivity contribution is -0.0704. The van der Waals surface area contributed by atoms with E-state index in [4.69, 9.17) is 4.18 Å². The summed E-state index contributed by atoms with van der Waals surface area (Å²) >= 11 is 4.01. The predicted octanol–water partition coefficient (Wildman–Crippen LogP) is 2.67. The number of hydrogen-bond acceptors (Lipinski definition) is 2. The average molecular weight is 184 g/mol. The van der Waals surface area contributed by atoms with Crippen LogP contribution in [0.4, 0.5) is 0 Å². The summed E-state index contributed by atoms with van der Waals surface area (Å²) < 4.78 is 5.32. The van der Waals surface area contributed by atoms with Gasteiger partial charge in [0, 0.05) is 0 Å². The molecule has 4 saturated carbocycles. The highest BCUT2D eigenvalue weighted by Gasteiger charge is 2.48. The second-order valence-electron chi connectivity index (χ2n) is 5.00. The van der Waals surface area contributed by atoms with E-state index >= 15 is 0 Å². The molecule has 0 saturated heterocycles. The van der Waals surface area contributed by atoms with Gasteiger partial charge in [0.05, 0.1) is 6.10 Å². The zero-order valence-corrected chi connectivity index (χ0v) is 8.17. The summed E-state index contributed by atoms with van der Waals surface area (Å²) in [7, 11) is 0. The Bertz CT molecular complexity index is 164. The van der Waals surface area contributed by atoms with Crippen LogP contribution < -0.4 is 0 Å². The van der Waals surface area contributed by atoms with Crippen molar-refractivity contribution in [2.24, 2.45) is 23.7 Å². The molecule has 0 amide bonds. The predicted molar refractivity (Wildman–Crippen MR) is 50.9 cm³/mol. The van der Waals surface area contributed by atoms with Crippen molar-refractivity contribution < 1.29 is 4.18 Å². The highest BCUT2D eigenvalue weighted by atomic mass is 32.1. The van der Waals surface area contributed by atoms with Crippen LogP contribution in [0.25, 0.3) is 0 Å². The van der Waals surface area contributed by atoms with Crippen LogP contribution in [0.15, 0.2) is 0 Å². The maximum atomic E-state index is 5.32. The molecule has 4 aliphatic rings. The molecular formula is C10H16OS. The van der Waals surface area contributed by atoms with Crippen LogP contribution in [0.5, 0.6) is 0 Å². The molecule has 12 heavy (non-hydrogen) atoms. The van der Waals surface area contributed by atoms with Crippen molar-refractivity contribution in [1.82, 2.24) is 0 Å². The molecule has 68 valence electrons. The lowest BCUT2D eigenvalue weighted by atomic mass is 9.55. The van der Waals surface area contributed by atoms with Crippen molar-refractivity contribution in [3.05, 3.63) is 0 Å². The smallest absolute Gasteiger partial charge is 0.0775 e. The van der Waals surface area contributed by atoms with E-state index in [1.807, 2.05) is 0 Å². The molecule has 4 aliphatic carbocycles. The summed E-state index contributed by atoms with van der Waals surface area (Å²) in [5.41, 5.74) is 0. The fourth-order valence-electron chi connectivity index (χ4n) is 4.05. The molecule has 4 fully saturated rings. The van der Waals surface area contributed by atoms with Gasteiger partial charge in [-0.1, -0.05) is 0 Å². The Hall–Kier alpha value is 0.310. The molecule has 0 spiro atoms. The Kier molecular flexibility index (Phi) is 1.70. The minimum atomic E-state index is 0.501. The van der Waals surface area contributed by atoms with Gasteiger partial charge < -0.3 is 4.18 Å². The Morgan fingerprint density at radius 1 is 0.833 bits per heavy atom. The lowest BCUT2D eigenvalue weighted by Gasteiger charge is -2.53. The molecule has 0 atom stereocenters. The van der Waals surface area contributed by atoms with Crippen LogP contribution in [-0.2, 0) is 4.18 Å². The highest BCUT2D eigenvalue weighted by molar-refractivity contribution is 7.75. The van der Waals surface area contributed by atoms with Gasteiger partial charge in [-0.2, -0.15) is 0 Å². The zero-order chi connectivity index (χ0) is 8.13. The Morgan fingerprint density at radius 2 is 1.33 bits per heavy atom. The van der Waals surface area contributed by atoms with Crippen LogP contribution in [0.3, 0.4) is 0 Å². The number of rotatable bonds is 1. The third kappa shape index (κ3) is 0.973. The molecule has 0 unspecified atom stereocenters. The van der Waals surface area contributed by atoms with Gasteiger partial charge in [0.1, 0.15) is 0 Å². The molecule has 4 bridgehead atoms. The van der Waals surface area contributed by atoms with E-state index in [9.17, 15) is 0 Å². The van der Waals surface area contributed by atoms with Crippen molar-refractivity contribution in [3.8, 4) is 0 Å². The molecule has 0 aliphatic heterocycles. The molecule has 0 N–H and O–H groups in total. The summed E-state index contributed by atoms with van der Waals surface area (Å²) in [6.45, 7) is 0. The van der Waals surface area contributed by atoms with Crippen LogP contribution in [0.1, 0.15) is 32.1 Å². The SMILES string of the molecule is SOC1C2CC3CC(C2)CC1C3. The minimum Gasteiger partial charge on any atom is -0.315 e. The molecule has 1 nitrogen and oxygen atoms in total. The van der Waals surface area contributed by atoms with Crippen LogP contribution in [-0.4, -0.2) is 6.10 Å². The Labute approximate surface area is 79.5 Å². The van der Waals surface area contributed by atoms with Gasteiger partial charge in [0.25, 0.3) is 0 Å². The van der Waals surface area contributed by atoms with Crippen LogP contribution in [0, 0.1) is 23.7 Å². The second-order valence-corrected chi connectivity index (χ2v) is 5.21. The van der Waals surface area contributed by atoms with Gasteiger partial charge in [-0.3, -0.25) is 0 Å². The van der Waals surface area contributed by atoms with Gasteiger partial charge in [-0.15, -0.1) is 0 Å². The van der Waals surface area contributed by atoms with Crippen molar-refractivity contribution >= 4 is 12.9 Å². The maximum Gasteiger partial charge on any atom is 0.0775 e. The van der Waals surface area contributed by atoms with Crippen molar-refractivity contribution in [3.63, 3.8) is 0 Å². The topological polar surface area (TPSA) is 9.23 Å². The summed E-state index contributed by atoms with van der Waals surface area (Å²) in [6.07, 6.45) is 7.74. The zero-order valence-electron chi connectivity index (χ0n) is 7.28. The monoisotopic (exact) mass is 184 g/mol. The quantitative estimate of drug-likeness (QED) is 0.487. The van der Waals surface area contributed by atoms with Gasteiger partial charge in [-0.05, 0) is 68.7 Å². The summed E-state index contributed by atoms with van der Waals surface area (Å²) in [5.74, 6) is 3.82. The van der Waals surface area contributed by atoms with Crippen LogP contribution in [0.2, 0.25) is 0 Å². The first kappa shape index (κ1) is 7.69. The Morgan fingerprint density at radius 3 is 1.75 bits per heavy atom.